The van der Waals surface area contributed by atoms with Gasteiger partial charge in [-0.2, -0.15) is 0 Å². The Morgan fingerprint density at radius 1 is 0.443 bits per heavy atom. The summed E-state index contributed by atoms with van der Waals surface area (Å²) in [6.07, 6.45) is 4.72. The molecule has 70 heavy (non-hydrogen) atoms. The smallest absolute Gasteiger partial charge is 0.252 e. The number of benzene rings is 8. The fourth-order valence-electron chi connectivity index (χ4n) is 13.4. The summed E-state index contributed by atoms with van der Waals surface area (Å²) in [7, 11) is 0. The van der Waals surface area contributed by atoms with Gasteiger partial charge in [-0.05, 0) is 130 Å². The van der Waals surface area contributed by atoms with E-state index in [2.05, 4.69) is 228 Å². The Kier molecular flexibility index (Phi) is 8.49. The first-order valence-corrected chi connectivity index (χ1v) is 25.5. The van der Waals surface area contributed by atoms with Crippen LogP contribution in [0.3, 0.4) is 0 Å². The molecule has 4 aliphatic rings. The fraction of sp³-hybridized carbons (Fsp3) is 0.250. The highest BCUT2D eigenvalue weighted by atomic mass is 16.3. The van der Waals surface area contributed by atoms with Gasteiger partial charge < -0.3 is 23.5 Å². The Hall–Kier alpha value is -7.18. The van der Waals surface area contributed by atoms with Crippen LogP contribution in [0.15, 0.2) is 167 Å². The third kappa shape index (κ3) is 5.68. The molecule has 0 N–H and O–H groups in total. The first-order valence-electron chi connectivity index (χ1n) is 25.5. The molecule has 14 rings (SSSR count). The van der Waals surface area contributed by atoms with Gasteiger partial charge in [0, 0.05) is 84.6 Å². The second-order valence-electron chi connectivity index (χ2n) is 23.3. The molecule has 1 aliphatic carbocycles. The number of anilines is 8. The number of hydrogen-bond donors (Lipinski definition) is 0. The van der Waals surface area contributed by atoms with Crippen LogP contribution in [0.4, 0.5) is 45.5 Å². The normalized spacial score (nSPS) is 19.5. The number of rotatable bonds is 3. The van der Waals surface area contributed by atoms with Gasteiger partial charge in [0.25, 0.3) is 6.71 Å². The fourth-order valence-corrected chi connectivity index (χ4v) is 13.4. The molecule has 10 aromatic rings. The van der Waals surface area contributed by atoms with Gasteiger partial charge >= 0.3 is 0 Å². The molecule has 1 fully saturated rings. The van der Waals surface area contributed by atoms with Crippen LogP contribution in [-0.4, -0.2) is 12.3 Å². The van der Waals surface area contributed by atoms with E-state index in [1.54, 1.807) is 0 Å². The van der Waals surface area contributed by atoms with Gasteiger partial charge in [0.1, 0.15) is 22.3 Å². The molecule has 2 atom stereocenters. The lowest BCUT2D eigenvalue weighted by molar-refractivity contribution is 0.195. The zero-order chi connectivity index (χ0) is 47.6. The van der Waals surface area contributed by atoms with Crippen molar-refractivity contribution in [3.8, 4) is 0 Å². The van der Waals surface area contributed by atoms with Gasteiger partial charge in [0.15, 0.2) is 0 Å². The van der Waals surface area contributed by atoms with Crippen LogP contribution in [0.25, 0.3) is 43.9 Å². The van der Waals surface area contributed by atoms with Gasteiger partial charge in [-0.1, -0.05) is 140 Å². The van der Waals surface area contributed by atoms with Crippen LogP contribution in [-0.2, 0) is 16.2 Å². The Labute approximate surface area is 411 Å². The Bertz CT molecular complexity index is 3640. The van der Waals surface area contributed by atoms with E-state index in [9.17, 15) is 0 Å². The minimum absolute atomic E-state index is 0.0124. The van der Waals surface area contributed by atoms with Gasteiger partial charge in [0.05, 0.1) is 5.54 Å². The molecule has 1 saturated carbocycles. The Balaban J connectivity index is 1.12. The highest BCUT2D eigenvalue weighted by Gasteiger charge is 2.58. The van der Waals surface area contributed by atoms with Crippen molar-refractivity contribution >= 4 is 112 Å². The lowest BCUT2D eigenvalue weighted by Gasteiger charge is -2.51. The summed E-state index contributed by atoms with van der Waals surface area (Å²) < 4.78 is 13.4. The highest BCUT2D eigenvalue weighted by Crippen LogP contribution is 2.62. The van der Waals surface area contributed by atoms with Gasteiger partial charge in [-0.15, -0.1) is 0 Å². The molecule has 0 amide bonds. The van der Waals surface area contributed by atoms with E-state index in [0.717, 1.165) is 68.1 Å². The standard InChI is InChI=1S/C64H58BN3O2/c1-61(2,3)39-23-29-52-49(33-39)65-50-34-40(62(4,5)6)24-30-53(50)67(42-26-28-47-45-18-10-14-22-57(45)70-59(47)38-42)55-36-43(68-51-20-12-11-19-48(51)63(7)31-15-16-32-64(63,68)8)35-54(60(55)65)66(52)41-25-27-46-44-17-9-13-21-56(44)69-58(46)37-41/h9-14,17-30,33-38H,15-16,31-32H2,1-8H3. The summed E-state index contributed by atoms with van der Waals surface area (Å²) in [5, 5.41) is 4.53. The first-order chi connectivity index (χ1) is 33.7. The van der Waals surface area contributed by atoms with Crippen molar-refractivity contribution in [2.24, 2.45) is 0 Å². The number of hydrogen-bond acceptors (Lipinski definition) is 5. The molecule has 6 heteroatoms. The molecule has 8 aromatic carbocycles. The summed E-state index contributed by atoms with van der Waals surface area (Å²) >= 11 is 0. The van der Waals surface area contributed by atoms with Crippen LogP contribution < -0.4 is 31.1 Å². The molecule has 0 radical (unpaired) electrons. The second-order valence-corrected chi connectivity index (χ2v) is 23.3. The van der Waals surface area contributed by atoms with E-state index in [4.69, 9.17) is 8.83 Å². The summed E-state index contributed by atoms with van der Waals surface area (Å²) in [5.74, 6) is 0. The molecule has 5 nitrogen and oxygen atoms in total. The van der Waals surface area contributed by atoms with Crippen molar-refractivity contribution in [2.45, 2.75) is 103 Å². The maximum Gasteiger partial charge on any atom is 0.252 e. The molecule has 3 aliphatic heterocycles. The largest absolute Gasteiger partial charge is 0.456 e. The van der Waals surface area contributed by atoms with Crippen LogP contribution in [0.2, 0.25) is 0 Å². The molecule has 344 valence electrons. The van der Waals surface area contributed by atoms with Crippen molar-refractivity contribution in [1.82, 2.24) is 0 Å². The first kappa shape index (κ1) is 41.8. The highest BCUT2D eigenvalue weighted by molar-refractivity contribution is 7.00. The van der Waals surface area contributed by atoms with Gasteiger partial charge in [-0.3, -0.25) is 0 Å². The van der Waals surface area contributed by atoms with E-state index in [1.165, 1.54) is 80.0 Å². The molecule has 2 unspecified atom stereocenters. The van der Waals surface area contributed by atoms with E-state index in [1.807, 2.05) is 0 Å². The van der Waals surface area contributed by atoms with Gasteiger partial charge in [-0.25, -0.2) is 0 Å². The van der Waals surface area contributed by atoms with Crippen molar-refractivity contribution in [3.05, 3.63) is 174 Å². The average molecular weight is 912 g/mol. The molecular formula is C64H58BN3O2. The summed E-state index contributed by atoms with van der Waals surface area (Å²) in [6.45, 7) is 19.1. The van der Waals surface area contributed by atoms with Crippen LogP contribution in [0.5, 0.6) is 0 Å². The summed E-state index contributed by atoms with van der Waals surface area (Å²) in [5.41, 5.74) is 20.8. The SMILES string of the molecule is CC(C)(C)c1ccc2c(c1)B1c3cc(C(C)(C)C)ccc3N(c3ccc4c(c3)oc3ccccc34)c3cc(N4c5ccccc5C5(C)CCCCC45C)cc(c31)N2c1ccc2c(c1)oc1ccccc12. The molecule has 0 bridgehead atoms. The van der Waals surface area contributed by atoms with Crippen LogP contribution in [0.1, 0.15) is 97.8 Å². The van der Waals surface area contributed by atoms with Crippen molar-refractivity contribution in [2.75, 3.05) is 14.7 Å². The van der Waals surface area contributed by atoms with Gasteiger partial charge in [0.2, 0.25) is 0 Å². The van der Waals surface area contributed by atoms with Crippen LogP contribution in [0, 0.1) is 0 Å². The number of furan rings is 2. The predicted octanol–water partition coefficient (Wildman–Crippen LogP) is 15.9. The van der Waals surface area contributed by atoms with Crippen LogP contribution >= 0.6 is 0 Å². The quantitative estimate of drug-likeness (QED) is 0.165. The minimum Gasteiger partial charge on any atom is -0.456 e. The third-order valence-corrected chi connectivity index (χ3v) is 17.3. The van der Waals surface area contributed by atoms with E-state index in [0.29, 0.717) is 0 Å². The van der Waals surface area contributed by atoms with E-state index >= 15 is 0 Å². The van der Waals surface area contributed by atoms with E-state index < -0.39 is 0 Å². The Morgan fingerprint density at radius 3 is 1.47 bits per heavy atom. The van der Waals surface area contributed by atoms with Crippen molar-refractivity contribution < 1.29 is 8.83 Å². The number of para-hydroxylation sites is 3. The predicted molar refractivity (Wildman–Crippen MR) is 295 cm³/mol. The number of nitrogens with zero attached hydrogens (tertiary/aromatic N) is 3. The minimum atomic E-state index is -0.145. The zero-order valence-electron chi connectivity index (χ0n) is 41.6. The average Bonchev–Trinajstić information content (AvgIpc) is 3.98. The molecule has 0 spiro atoms. The second kappa shape index (κ2) is 14.2. The van der Waals surface area contributed by atoms with E-state index in [-0.39, 0.29) is 28.5 Å². The van der Waals surface area contributed by atoms with Crippen molar-refractivity contribution in [3.63, 3.8) is 0 Å². The lowest BCUT2D eigenvalue weighted by Crippen LogP contribution is -2.62. The zero-order valence-corrected chi connectivity index (χ0v) is 41.6. The summed E-state index contributed by atoms with van der Waals surface area (Å²) in [4.78, 5) is 7.89. The molecule has 0 saturated heterocycles. The topological polar surface area (TPSA) is 36.0 Å². The van der Waals surface area contributed by atoms with Crippen molar-refractivity contribution in [1.29, 1.82) is 0 Å². The Morgan fingerprint density at radius 2 is 0.929 bits per heavy atom. The third-order valence-electron chi connectivity index (χ3n) is 17.3. The monoisotopic (exact) mass is 911 g/mol. The summed E-state index contributed by atoms with van der Waals surface area (Å²) in [6, 6.07) is 59.6. The molecule has 5 heterocycles. The maximum atomic E-state index is 6.70. The maximum absolute atomic E-state index is 6.70. The molecular weight excluding hydrogens is 854 g/mol. The lowest BCUT2D eigenvalue weighted by atomic mass is 9.33. The number of fused-ring (bicyclic) bond motifs is 13. The molecule has 2 aromatic heterocycles.